The van der Waals surface area contributed by atoms with Crippen LogP contribution in [0, 0.1) is 20.8 Å². The van der Waals surface area contributed by atoms with E-state index in [4.69, 9.17) is 0 Å². The molecule has 0 heteroatoms. The molecule has 0 saturated heterocycles. The van der Waals surface area contributed by atoms with Crippen molar-refractivity contribution < 1.29 is 0 Å². The van der Waals surface area contributed by atoms with Crippen LogP contribution in [0.2, 0.25) is 0 Å². The Balaban J connectivity index is 0.000000278. The molecule has 0 aromatic heterocycles. The largest absolute Gasteiger partial charge is 0.0683 e. The van der Waals surface area contributed by atoms with Crippen LogP contribution in [0.25, 0.3) is 0 Å². The Morgan fingerprint density at radius 1 is 0.471 bits per heavy atom. The summed E-state index contributed by atoms with van der Waals surface area (Å²) in [6, 6.07) is 18.6. The minimum atomic E-state index is 1.35. The lowest BCUT2D eigenvalue weighted by atomic mass is 10.1. The molecule has 2 aromatic carbocycles. The summed E-state index contributed by atoms with van der Waals surface area (Å²) in [5.74, 6) is 0. The van der Waals surface area contributed by atoms with Crippen molar-refractivity contribution in [1.82, 2.24) is 0 Å². The van der Waals surface area contributed by atoms with Crippen LogP contribution in [0.15, 0.2) is 54.6 Å². The van der Waals surface area contributed by atoms with E-state index in [2.05, 4.69) is 39.0 Å². The summed E-state index contributed by atoms with van der Waals surface area (Å²) in [5.41, 5.74) is 4.06. The number of hydrogen-bond donors (Lipinski definition) is 0. The van der Waals surface area contributed by atoms with E-state index < -0.39 is 0 Å². The average molecular weight is 228 g/mol. The van der Waals surface area contributed by atoms with Crippen LogP contribution in [0.3, 0.4) is 0 Å². The van der Waals surface area contributed by atoms with E-state index in [9.17, 15) is 0 Å². The summed E-state index contributed by atoms with van der Waals surface area (Å²) in [6.45, 7) is 10.4. The van der Waals surface area contributed by atoms with Crippen LogP contribution in [0.5, 0.6) is 0 Å². The van der Waals surface area contributed by atoms with Gasteiger partial charge in [0.25, 0.3) is 0 Å². The van der Waals surface area contributed by atoms with Crippen LogP contribution in [0.1, 0.15) is 30.5 Å². The molecule has 0 aliphatic heterocycles. The van der Waals surface area contributed by atoms with Gasteiger partial charge in [-0.25, -0.2) is 0 Å². The minimum absolute atomic E-state index is 1.35. The zero-order valence-corrected chi connectivity index (χ0v) is 11.7. The van der Waals surface area contributed by atoms with Crippen molar-refractivity contribution in [3.8, 4) is 0 Å². The third kappa shape index (κ3) is 8.27. The van der Waals surface area contributed by atoms with Gasteiger partial charge in [0.1, 0.15) is 0 Å². The van der Waals surface area contributed by atoms with Crippen molar-refractivity contribution in [2.45, 2.75) is 34.6 Å². The molecule has 0 aliphatic carbocycles. The summed E-state index contributed by atoms with van der Waals surface area (Å²) in [6.07, 6.45) is 0. The van der Waals surface area contributed by atoms with Crippen LogP contribution in [0.4, 0.5) is 0 Å². The molecule has 2 rings (SSSR count). The highest BCUT2D eigenvalue weighted by Crippen LogP contribution is 2.06. The third-order valence-corrected chi connectivity index (χ3v) is 2.03. The minimum Gasteiger partial charge on any atom is -0.0683 e. The molecule has 0 fully saturated rings. The van der Waals surface area contributed by atoms with E-state index in [1.165, 1.54) is 16.7 Å². The topological polar surface area (TPSA) is 0 Å². The van der Waals surface area contributed by atoms with Gasteiger partial charge >= 0.3 is 0 Å². The van der Waals surface area contributed by atoms with E-state index in [-0.39, 0.29) is 0 Å². The molecule has 0 aliphatic rings. The third-order valence-electron chi connectivity index (χ3n) is 2.03. The lowest BCUT2D eigenvalue weighted by molar-refractivity contribution is 1.32. The molecule has 0 spiro atoms. The van der Waals surface area contributed by atoms with Crippen LogP contribution < -0.4 is 0 Å². The van der Waals surface area contributed by atoms with E-state index in [1.807, 2.05) is 50.2 Å². The number of rotatable bonds is 0. The predicted molar refractivity (Wildman–Crippen MR) is 78.4 cm³/mol. The first-order valence-electron chi connectivity index (χ1n) is 6.23. The molecule has 2 aromatic rings. The van der Waals surface area contributed by atoms with Crippen LogP contribution in [-0.2, 0) is 0 Å². The fourth-order valence-corrected chi connectivity index (χ4v) is 1.59. The average Bonchev–Trinajstić information content (AvgIpc) is 2.33. The van der Waals surface area contributed by atoms with Gasteiger partial charge in [0.2, 0.25) is 0 Å². The Morgan fingerprint density at radius 3 is 0.824 bits per heavy atom. The first kappa shape index (κ1) is 15.4. The highest BCUT2D eigenvalue weighted by molar-refractivity contribution is 5.27. The SMILES string of the molecule is CC.Cc1cc(C)cc(C)c1.c1ccccc1. The lowest BCUT2D eigenvalue weighted by Gasteiger charge is -1.96. The summed E-state index contributed by atoms with van der Waals surface area (Å²) in [7, 11) is 0. The summed E-state index contributed by atoms with van der Waals surface area (Å²) in [4.78, 5) is 0. The van der Waals surface area contributed by atoms with Gasteiger partial charge in [-0.3, -0.25) is 0 Å². The number of aryl methyl sites for hydroxylation is 3. The maximum atomic E-state index is 2.19. The standard InChI is InChI=1S/C9H12.C6H6.C2H6/c1-7-4-8(2)6-9(3)5-7;1-2-4-6-5-3-1;1-2/h4-6H,1-3H3;1-6H;1-2H3. The zero-order valence-electron chi connectivity index (χ0n) is 11.7. The van der Waals surface area contributed by atoms with Crippen molar-refractivity contribution in [1.29, 1.82) is 0 Å². The number of benzene rings is 2. The quantitative estimate of drug-likeness (QED) is 0.572. The van der Waals surface area contributed by atoms with Crippen molar-refractivity contribution in [2.24, 2.45) is 0 Å². The highest BCUT2D eigenvalue weighted by Gasteiger charge is 1.87. The van der Waals surface area contributed by atoms with Crippen molar-refractivity contribution >= 4 is 0 Å². The lowest BCUT2D eigenvalue weighted by Crippen LogP contribution is -1.78. The van der Waals surface area contributed by atoms with Crippen molar-refractivity contribution in [2.75, 3.05) is 0 Å². The molecule has 0 saturated carbocycles. The van der Waals surface area contributed by atoms with E-state index in [1.54, 1.807) is 0 Å². The Kier molecular flexibility index (Phi) is 8.77. The Labute approximate surface area is 106 Å². The van der Waals surface area contributed by atoms with Crippen LogP contribution >= 0.6 is 0 Å². The van der Waals surface area contributed by atoms with Gasteiger partial charge in [0, 0.05) is 0 Å². The van der Waals surface area contributed by atoms with Crippen molar-refractivity contribution in [3.05, 3.63) is 71.3 Å². The van der Waals surface area contributed by atoms with Gasteiger partial charge in [0.15, 0.2) is 0 Å². The fourth-order valence-electron chi connectivity index (χ4n) is 1.59. The van der Waals surface area contributed by atoms with E-state index >= 15 is 0 Å². The molecule has 0 nitrogen and oxygen atoms in total. The Hall–Kier alpha value is -1.56. The highest BCUT2D eigenvalue weighted by atomic mass is 13.9. The predicted octanol–water partition coefficient (Wildman–Crippen LogP) is 5.32. The molecule has 0 unspecified atom stereocenters. The second-order valence-electron chi connectivity index (χ2n) is 3.82. The van der Waals surface area contributed by atoms with Gasteiger partial charge in [-0.05, 0) is 20.8 Å². The van der Waals surface area contributed by atoms with E-state index in [0.29, 0.717) is 0 Å². The Morgan fingerprint density at radius 2 is 0.647 bits per heavy atom. The first-order valence-corrected chi connectivity index (χ1v) is 6.23. The Bertz CT molecular complexity index is 311. The van der Waals surface area contributed by atoms with Crippen molar-refractivity contribution in [3.63, 3.8) is 0 Å². The van der Waals surface area contributed by atoms with Gasteiger partial charge < -0.3 is 0 Å². The smallest absolute Gasteiger partial charge is 0.0398 e. The van der Waals surface area contributed by atoms with Gasteiger partial charge in [-0.15, -0.1) is 0 Å². The monoisotopic (exact) mass is 228 g/mol. The van der Waals surface area contributed by atoms with Gasteiger partial charge in [0.05, 0.1) is 0 Å². The molecular weight excluding hydrogens is 204 g/mol. The molecule has 0 heterocycles. The molecule has 17 heavy (non-hydrogen) atoms. The second kappa shape index (κ2) is 9.65. The molecule has 92 valence electrons. The molecule has 0 radical (unpaired) electrons. The first-order chi connectivity index (χ1) is 8.18. The fraction of sp³-hybridized carbons (Fsp3) is 0.294. The van der Waals surface area contributed by atoms with E-state index in [0.717, 1.165) is 0 Å². The second-order valence-corrected chi connectivity index (χ2v) is 3.82. The molecule has 0 bridgehead atoms. The number of hydrogen-bond acceptors (Lipinski definition) is 0. The molecule has 0 atom stereocenters. The summed E-state index contributed by atoms with van der Waals surface area (Å²) < 4.78 is 0. The molecule has 0 amide bonds. The maximum absolute atomic E-state index is 2.19. The normalized spacial score (nSPS) is 8.29. The molecular formula is C17H24. The zero-order chi connectivity index (χ0) is 13.1. The van der Waals surface area contributed by atoms with Crippen LogP contribution in [-0.4, -0.2) is 0 Å². The molecule has 0 N–H and O–H groups in total. The summed E-state index contributed by atoms with van der Waals surface area (Å²) >= 11 is 0. The maximum Gasteiger partial charge on any atom is -0.0398 e. The van der Waals surface area contributed by atoms with Gasteiger partial charge in [-0.2, -0.15) is 0 Å². The summed E-state index contributed by atoms with van der Waals surface area (Å²) in [5, 5.41) is 0. The van der Waals surface area contributed by atoms with Gasteiger partial charge in [-0.1, -0.05) is 85.1 Å².